The average molecular weight is 1140 g/mol. The van der Waals surface area contributed by atoms with E-state index >= 15 is 0 Å². The Hall–Kier alpha value is -2.37. The molecule has 0 atom stereocenters. The standard InChI is InChI=1S/2C10H15.2C8H11BN4S2.2Cr.2F6P/c2*1-6-7(2)9(4)10(5)8(6)3;2*1-10-3-5-12(7(10)14)9-13-6-4-11(2)8(13)15;;;2*1-7(2,3,4,5)6/h2*1-5H3;2*3-6,9H,1-2H3;;;;/q4*-1;2*+3;2*-1. The molecule has 66 heavy (non-hydrogen) atoms. The van der Waals surface area contributed by atoms with E-state index in [2.05, 4.69) is 69.2 Å². The predicted octanol–water partition coefficient (Wildman–Crippen LogP) is 9.48. The maximum atomic E-state index is 9.87. The first-order valence-corrected chi connectivity index (χ1v) is 24.3. The Morgan fingerprint density at radius 2 is 0.530 bits per heavy atom. The van der Waals surface area contributed by atoms with Crippen LogP contribution in [0.3, 0.4) is 0 Å². The van der Waals surface area contributed by atoms with E-state index in [1.54, 1.807) is 0 Å². The molecule has 0 saturated carbocycles. The molecule has 0 N–H and O–H groups in total. The van der Waals surface area contributed by atoms with E-state index in [-0.39, 0.29) is 34.7 Å². The second kappa shape index (κ2) is 22.2. The summed E-state index contributed by atoms with van der Waals surface area (Å²) in [6.07, 6.45) is 15.6. The van der Waals surface area contributed by atoms with Crippen molar-refractivity contribution < 1.29 is 103 Å². The SMILES string of the molecule is Cc1c(C)c(C)[c-](C)c1C.Cc1c(C)c(C)[c-](C)c1C.Cn1cc[n+]([BH-][n+]2ccn(C)c2[S-])c1[S-].Cn1cc[n+]([BH-][n+]2ccn(C)c2[S-])c1[S-].F[P-](F)(F)(F)(F)F.F[P-](F)(F)(F)(F)F.[Cr+3].[Cr+3]. The van der Waals surface area contributed by atoms with Crippen molar-refractivity contribution in [1.29, 1.82) is 0 Å². The summed E-state index contributed by atoms with van der Waals surface area (Å²) >= 11 is 21.0. The summed E-state index contributed by atoms with van der Waals surface area (Å²) < 4.78 is 134. The molecular formula is C36H52B2Cr2F12N8P2S4. The molecule has 4 aromatic heterocycles. The van der Waals surface area contributed by atoms with Crippen molar-refractivity contribution in [3.8, 4) is 0 Å². The molecule has 6 aromatic rings. The fourth-order valence-electron chi connectivity index (χ4n) is 5.61. The third-order valence-corrected chi connectivity index (χ3v) is 12.4. The molecule has 30 heteroatoms. The van der Waals surface area contributed by atoms with Gasteiger partial charge in [-0.3, -0.25) is 18.3 Å². The van der Waals surface area contributed by atoms with Crippen LogP contribution in [0.25, 0.3) is 0 Å². The zero-order chi connectivity index (χ0) is 50.6. The number of halogens is 12. The van der Waals surface area contributed by atoms with Crippen LogP contribution < -0.4 is 17.9 Å². The summed E-state index contributed by atoms with van der Waals surface area (Å²) in [5.74, 6) is 0. The van der Waals surface area contributed by atoms with Crippen molar-refractivity contribution in [2.24, 2.45) is 28.2 Å². The van der Waals surface area contributed by atoms with Crippen molar-refractivity contribution >= 4 is 81.2 Å². The number of hydrogen-bond acceptors (Lipinski definition) is 4. The van der Waals surface area contributed by atoms with Crippen LogP contribution >= 0.6 is 15.6 Å². The Balaban J connectivity index is 0. The molecular weight excluding hydrogens is 1090 g/mol. The van der Waals surface area contributed by atoms with Gasteiger partial charge in [-0.2, -0.15) is 55.6 Å². The minimum Gasteiger partial charge on any atom is 3.00 e. The van der Waals surface area contributed by atoms with Crippen molar-refractivity contribution in [3.63, 3.8) is 0 Å². The van der Waals surface area contributed by atoms with Crippen molar-refractivity contribution in [2.75, 3.05) is 0 Å². The van der Waals surface area contributed by atoms with Gasteiger partial charge in [0.15, 0.2) is 0 Å². The number of imidazole rings is 4. The van der Waals surface area contributed by atoms with Crippen LogP contribution in [0.2, 0.25) is 0 Å². The van der Waals surface area contributed by atoms with Gasteiger partial charge in [-0.1, -0.05) is 69.2 Å². The molecule has 0 aliphatic heterocycles. The van der Waals surface area contributed by atoms with Gasteiger partial charge < -0.3 is 68.4 Å². The molecule has 0 aliphatic rings. The third kappa shape index (κ3) is 23.8. The smallest absolute Gasteiger partial charge is 3.00 e. The van der Waals surface area contributed by atoms with Gasteiger partial charge in [-0.25, -0.2) is 0 Å². The molecule has 6 rings (SSSR count). The van der Waals surface area contributed by atoms with Gasteiger partial charge in [0, 0.05) is 0 Å². The summed E-state index contributed by atoms with van der Waals surface area (Å²) in [6.45, 7) is 22.0. The second-order valence-corrected chi connectivity index (χ2v) is 20.4. The van der Waals surface area contributed by atoms with Crippen LogP contribution in [-0.2, 0) is 113 Å². The maximum Gasteiger partial charge on any atom is 3.00 e. The number of hydrogen-bond donors (Lipinski definition) is 0. The molecule has 372 valence electrons. The predicted molar refractivity (Wildman–Crippen MR) is 239 cm³/mol. The zero-order valence-electron chi connectivity index (χ0n) is 38.5. The van der Waals surface area contributed by atoms with E-state index in [4.69, 9.17) is 50.5 Å². The summed E-state index contributed by atoms with van der Waals surface area (Å²) in [6, 6.07) is 0. The van der Waals surface area contributed by atoms with Gasteiger partial charge in [0.2, 0.25) is 0 Å². The van der Waals surface area contributed by atoms with E-state index in [0.717, 1.165) is 20.6 Å². The quantitative estimate of drug-likeness (QED) is 0.0580. The minimum atomic E-state index is -10.7. The minimum absolute atomic E-state index is 0. The molecule has 0 spiro atoms. The van der Waals surface area contributed by atoms with Gasteiger partial charge >= 0.3 is 116 Å². The van der Waals surface area contributed by atoms with Crippen LogP contribution in [0.4, 0.5) is 50.4 Å². The molecule has 2 aromatic carbocycles. The maximum absolute atomic E-state index is 10.7. The van der Waals surface area contributed by atoms with E-state index < -0.39 is 15.6 Å². The summed E-state index contributed by atoms with van der Waals surface area (Å²) in [5.41, 5.74) is 14.7. The Morgan fingerprint density at radius 1 is 0.394 bits per heavy atom. The van der Waals surface area contributed by atoms with E-state index in [1.165, 1.54) is 55.6 Å². The number of aryl methyl sites for hydroxylation is 4. The number of aromatic nitrogens is 8. The van der Waals surface area contributed by atoms with E-state index in [0.29, 0.717) is 15.1 Å². The van der Waals surface area contributed by atoms with E-state index in [9.17, 15) is 50.4 Å². The number of nitrogens with zero attached hydrogens (tertiary/aromatic N) is 8. The van der Waals surface area contributed by atoms with Crippen molar-refractivity contribution in [1.82, 2.24) is 18.3 Å². The first-order chi connectivity index (χ1) is 28.2. The zero-order valence-corrected chi connectivity index (χ0v) is 46.1. The first-order valence-electron chi connectivity index (χ1n) is 18.6. The van der Waals surface area contributed by atoms with Crippen LogP contribution in [0.1, 0.15) is 55.6 Å². The average Bonchev–Trinajstić information content (AvgIpc) is 3.91. The summed E-state index contributed by atoms with van der Waals surface area (Å²) in [4.78, 5) is 0. The van der Waals surface area contributed by atoms with Crippen LogP contribution in [-0.4, -0.2) is 33.4 Å². The Bertz CT molecular complexity index is 2130. The largest absolute Gasteiger partial charge is 3.00 e. The van der Waals surface area contributed by atoms with Crippen molar-refractivity contribution in [2.45, 2.75) is 89.9 Å². The molecule has 0 saturated heterocycles. The Kier molecular flexibility index (Phi) is 22.1. The molecule has 4 radical (unpaired) electrons. The molecule has 0 bridgehead atoms. The van der Waals surface area contributed by atoms with Gasteiger partial charge in [0.1, 0.15) is 24.8 Å². The Morgan fingerprint density at radius 3 is 0.606 bits per heavy atom. The van der Waals surface area contributed by atoms with Crippen molar-refractivity contribution in [3.05, 3.63) is 105 Å². The van der Waals surface area contributed by atoms with Gasteiger partial charge in [0.05, 0.1) is 73.6 Å². The fourth-order valence-corrected chi connectivity index (χ4v) is 6.33. The van der Waals surface area contributed by atoms with Crippen LogP contribution in [0.5, 0.6) is 0 Å². The molecule has 0 unspecified atom stereocenters. The third-order valence-electron chi connectivity index (χ3n) is 10.3. The van der Waals surface area contributed by atoms with Gasteiger partial charge in [-0.15, -0.1) is 0 Å². The van der Waals surface area contributed by atoms with E-state index in [1.807, 2.05) is 114 Å². The molecule has 4 heterocycles. The van der Waals surface area contributed by atoms with Gasteiger partial charge in [-0.05, 0) is 0 Å². The Labute approximate surface area is 423 Å². The second-order valence-electron chi connectivity index (χ2n) is 15.1. The topological polar surface area (TPSA) is 35.2 Å². The van der Waals surface area contributed by atoms with Gasteiger partial charge in [0.25, 0.3) is 0 Å². The first kappa shape index (κ1) is 65.7. The van der Waals surface area contributed by atoms with Crippen LogP contribution in [0.15, 0.2) is 70.2 Å². The van der Waals surface area contributed by atoms with Crippen LogP contribution in [0, 0.1) is 69.2 Å². The normalized spacial score (nSPS) is 13.0. The fraction of sp³-hybridized carbons (Fsp3) is 0.389. The summed E-state index contributed by atoms with van der Waals surface area (Å²) in [5, 5.41) is 3.17. The molecule has 0 amide bonds. The molecule has 8 nitrogen and oxygen atoms in total. The molecule has 0 aliphatic carbocycles. The summed E-state index contributed by atoms with van der Waals surface area (Å²) in [7, 11) is -12.2. The monoisotopic (exact) mass is 1140 g/mol. The molecule has 0 fully saturated rings. The number of rotatable bonds is 4.